The largest absolute Gasteiger partial charge is 0.382 e. The van der Waals surface area contributed by atoms with Crippen molar-refractivity contribution in [1.82, 2.24) is 15.5 Å². The first-order valence-electron chi connectivity index (χ1n) is 6.11. The van der Waals surface area contributed by atoms with Crippen LogP contribution in [-0.4, -0.2) is 55.3 Å². The van der Waals surface area contributed by atoms with Crippen molar-refractivity contribution in [2.75, 3.05) is 39.4 Å². The highest BCUT2D eigenvalue weighted by molar-refractivity contribution is 7.80. The molecule has 1 heterocycles. The summed E-state index contributed by atoms with van der Waals surface area (Å²) >= 11 is 5.26. The minimum Gasteiger partial charge on any atom is -0.382 e. The average molecular weight is 259 g/mol. The van der Waals surface area contributed by atoms with Crippen LogP contribution < -0.4 is 10.6 Å². The van der Waals surface area contributed by atoms with Crippen molar-refractivity contribution in [3.8, 4) is 0 Å². The Bertz CT molecular complexity index is 261. The second-order valence-electron chi connectivity index (χ2n) is 3.91. The van der Waals surface area contributed by atoms with E-state index in [4.69, 9.17) is 17.0 Å². The molecule has 0 bridgehead atoms. The second kappa shape index (κ2) is 8.25. The molecule has 0 aliphatic carbocycles. The van der Waals surface area contributed by atoms with E-state index in [1.165, 1.54) is 0 Å². The standard InChI is InChI=1S/C11H21N3O2S/c1-2-16-8-4-6-13-11(17)14-7-3-5-12-10(15)9-14/h2-9H2,1H3,(H,12,15)(H,13,17). The summed E-state index contributed by atoms with van der Waals surface area (Å²) in [5, 5.41) is 6.65. The number of carbonyl (C=O) groups is 1. The fourth-order valence-corrected chi connectivity index (χ4v) is 1.86. The molecule has 6 heteroatoms. The molecule has 1 amide bonds. The maximum absolute atomic E-state index is 11.4. The Morgan fingerprint density at radius 3 is 3.24 bits per heavy atom. The Morgan fingerprint density at radius 2 is 2.47 bits per heavy atom. The van der Waals surface area contributed by atoms with E-state index in [1.54, 1.807) is 0 Å². The molecule has 1 fully saturated rings. The van der Waals surface area contributed by atoms with Crippen LogP contribution in [0.25, 0.3) is 0 Å². The van der Waals surface area contributed by atoms with E-state index < -0.39 is 0 Å². The summed E-state index contributed by atoms with van der Waals surface area (Å²) in [5.74, 6) is 0.0426. The first-order valence-corrected chi connectivity index (χ1v) is 6.52. The van der Waals surface area contributed by atoms with Crippen LogP contribution in [0.3, 0.4) is 0 Å². The van der Waals surface area contributed by atoms with Crippen LogP contribution in [0.5, 0.6) is 0 Å². The Labute approximate surface area is 108 Å². The summed E-state index contributed by atoms with van der Waals surface area (Å²) < 4.78 is 5.24. The van der Waals surface area contributed by atoms with Gasteiger partial charge in [-0.25, -0.2) is 0 Å². The van der Waals surface area contributed by atoms with Crippen molar-refractivity contribution >= 4 is 23.2 Å². The normalized spacial score (nSPS) is 16.3. The molecule has 0 spiro atoms. The highest BCUT2D eigenvalue weighted by Gasteiger charge is 2.16. The van der Waals surface area contributed by atoms with Gasteiger partial charge in [-0.1, -0.05) is 0 Å². The smallest absolute Gasteiger partial charge is 0.239 e. The first-order chi connectivity index (χ1) is 8.24. The minimum atomic E-state index is 0.0426. The number of carbonyl (C=O) groups excluding carboxylic acids is 1. The number of hydrogen-bond donors (Lipinski definition) is 2. The highest BCUT2D eigenvalue weighted by Crippen LogP contribution is 1.97. The summed E-state index contributed by atoms with van der Waals surface area (Å²) in [5.41, 5.74) is 0. The third-order valence-corrected chi connectivity index (χ3v) is 2.90. The van der Waals surface area contributed by atoms with E-state index in [0.29, 0.717) is 11.7 Å². The lowest BCUT2D eigenvalue weighted by Crippen LogP contribution is -2.43. The molecule has 1 rings (SSSR count). The molecule has 5 nitrogen and oxygen atoms in total. The molecule has 0 aromatic carbocycles. The summed E-state index contributed by atoms with van der Waals surface area (Å²) in [7, 11) is 0. The van der Waals surface area contributed by atoms with E-state index in [-0.39, 0.29) is 5.91 Å². The predicted molar refractivity (Wildman–Crippen MR) is 70.9 cm³/mol. The van der Waals surface area contributed by atoms with E-state index in [2.05, 4.69) is 10.6 Å². The Morgan fingerprint density at radius 1 is 1.65 bits per heavy atom. The lowest BCUT2D eigenvalue weighted by Gasteiger charge is -2.22. The molecule has 0 radical (unpaired) electrons. The Hall–Kier alpha value is -0.880. The molecule has 98 valence electrons. The number of hydrogen-bond acceptors (Lipinski definition) is 3. The van der Waals surface area contributed by atoms with Gasteiger partial charge in [-0.15, -0.1) is 0 Å². The van der Waals surface area contributed by atoms with Gasteiger partial charge in [0.05, 0.1) is 6.54 Å². The number of nitrogens with zero attached hydrogens (tertiary/aromatic N) is 1. The van der Waals surface area contributed by atoms with Crippen molar-refractivity contribution < 1.29 is 9.53 Å². The quantitative estimate of drug-likeness (QED) is 0.542. The lowest BCUT2D eigenvalue weighted by atomic mass is 10.4. The number of rotatable bonds is 5. The van der Waals surface area contributed by atoms with Crippen LogP contribution in [-0.2, 0) is 9.53 Å². The number of thiocarbonyl (C=S) groups is 1. The van der Waals surface area contributed by atoms with Crippen molar-refractivity contribution in [1.29, 1.82) is 0 Å². The fraction of sp³-hybridized carbons (Fsp3) is 0.818. The Balaban J connectivity index is 2.19. The van der Waals surface area contributed by atoms with E-state index in [9.17, 15) is 4.79 Å². The first kappa shape index (κ1) is 14.2. The van der Waals surface area contributed by atoms with Gasteiger partial charge >= 0.3 is 0 Å². The van der Waals surface area contributed by atoms with Gasteiger partial charge in [-0.05, 0) is 32.0 Å². The highest BCUT2D eigenvalue weighted by atomic mass is 32.1. The molecule has 2 N–H and O–H groups in total. The molecule has 1 aliphatic heterocycles. The van der Waals surface area contributed by atoms with Crippen molar-refractivity contribution in [3.05, 3.63) is 0 Å². The summed E-state index contributed by atoms with van der Waals surface area (Å²) in [6.07, 6.45) is 1.86. The lowest BCUT2D eigenvalue weighted by molar-refractivity contribution is -0.120. The molecule has 0 atom stereocenters. The van der Waals surface area contributed by atoms with Gasteiger partial charge in [0.2, 0.25) is 5.91 Å². The molecule has 0 unspecified atom stereocenters. The topological polar surface area (TPSA) is 53.6 Å². The van der Waals surface area contributed by atoms with Crippen LogP contribution in [0.2, 0.25) is 0 Å². The summed E-state index contributed by atoms with van der Waals surface area (Å²) in [4.78, 5) is 13.3. The molecule has 17 heavy (non-hydrogen) atoms. The molecule has 1 saturated heterocycles. The van der Waals surface area contributed by atoms with Crippen LogP contribution >= 0.6 is 12.2 Å². The number of amides is 1. The average Bonchev–Trinajstić information content (AvgIpc) is 2.53. The van der Waals surface area contributed by atoms with Crippen LogP contribution in [0.1, 0.15) is 19.8 Å². The van der Waals surface area contributed by atoms with E-state index in [1.807, 2.05) is 11.8 Å². The van der Waals surface area contributed by atoms with Crippen LogP contribution in [0.15, 0.2) is 0 Å². The van der Waals surface area contributed by atoms with Gasteiger partial charge in [-0.3, -0.25) is 4.79 Å². The molecule has 0 aromatic rings. The maximum atomic E-state index is 11.4. The van der Waals surface area contributed by atoms with Crippen molar-refractivity contribution in [3.63, 3.8) is 0 Å². The van der Waals surface area contributed by atoms with E-state index >= 15 is 0 Å². The fourth-order valence-electron chi connectivity index (χ4n) is 1.61. The summed E-state index contributed by atoms with van der Waals surface area (Å²) in [6.45, 7) is 6.18. The summed E-state index contributed by atoms with van der Waals surface area (Å²) in [6, 6.07) is 0. The second-order valence-corrected chi connectivity index (χ2v) is 4.29. The number of nitrogens with one attached hydrogen (secondary N) is 2. The van der Waals surface area contributed by atoms with Gasteiger partial charge < -0.3 is 20.3 Å². The third-order valence-electron chi connectivity index (χ3n) is 2.49. The van der Waals surface area contributed by atoms with Gasteiger partial charge in [-0.2, -0.15) is 0 Å². The van der Waals surface area contributed by atoms with E-state index in [0.717, 1.165) is 45.7 Å². The van der Waals surface area contributed by atoms with Crippen LogP contribution in [0.4, 0.5) is 0 Å². The third kappa shape index (κ3) is 5.83. The van der Waals surface area contributed by atoms with Crippen LogP contribution in [0, 0.1) is 0 Å². The molecular formula is C11H21N3O2S. The van der Waals surface area contributed by atoms with Gasteiger partial charge in [0.15, 0.2) is 5.11 Å². The van der Waals surface area contributed by atoms with Gasteiger partial charge in [0.1, 0.15) is 0 Å². The van der Waals surface area contributed by atoms with Crippen molar-refractivity contribution in [2.45, 2.75) is 19.8 Å². The minimum absolute atomic E-state index is 0.0426. The molecule has 1 aliphatic rings. The van der Waals surface area contributed by atoms with Gasteiger partial charge in [0.25, 0.3) is 0 Å². The number of ether oxygens (including phenoxy) is 1. The van der Waals surface area contributed by atoms with Crippen molar-refractivity contribution in [2.24, 2.45) is 0 Å². The monoisotopic (exact) mass is 259 g/mol. The SMILES string of the molecule is CCOCCCNC(=S)N1CCCNC(=O)C1. The molecule has 0 aromatic heterocycles. The Kier molecular flexibility index (Phi) is 6.88. The predicted octanol–water partition coefficient (Wildman–Crippen LogP) is 0.109. The molecular weight excluding hydrogens is 238 g/mol. The zero-order valence-corrected chi connectivity index (χ0v) is 11.1. The van der Waals surface area contributed by atoms with Gasteiger partial charge in [0, 0.05) is 32.8 Å². The zero-order valence-electron chi connectivity index (χ0n) is 10.3. The molecule has 0 saturated carbocycles. The maximum Gasteiger partial charge on any atom is 0.239 e. The zero-order chi connectivity index (χ0) is 12.5.